The normalized spacial score (nSPS) is 15.9. The molecule has 4 heteroatoms. The Kier molecular flexibility index (Phi) is 4.91. The van der Waals surface area contributed by atoms with E-state index >= 15 is 0 Å². The van der Waals surface area contributed by atoms with E-state index in [4.69, 9.17) is 5.11 Å². The third-order valence-electron chi connectivity index (χ3n) is 2.30. The van der Waals surface area contributed by atoms with Crippen molar-refractivity contribution >= 4 is 6.03 Å². The lowest BCUT2D eigenvalue weighted by Crippen LogP contribution is -2.49. The zero-order chi connectivity index (χ0) is 11.4. The van der Waals surface area contributed by atoms with Crippen LogP contribution < -0.4 is 10.6 Å². The van der Waals surface area contributed by atoms with Gasteiger partial charge < -0.3 is 15.7 Å². The minimum absolute atomic E-state index is 0.0415. The summed E-state index contributed by atoms with van der Waals surface area (Å²) >= 11 is 0. The molecule has 0 saturated heterocycles. The summed E-state index contributed by atoms with van der Waals surface area (Å²) in [5.74, 6) is 0. The number of aliphatic hydroxyl groups is 1. The number of urea groups is 1. The van der Waals surface area contributed by atoms with Crippen LogP contribution in [0.5, 0.6) is 0 Å². The first-order chi connectivity index (χ1) is 6.27. The molecule has 0 aliphatic heterocycles. The van der Waals surface area contributed by atoms with Crippen LogP contribution in [0.1, 0.15) is 34.6 Å². The van der Waals surface area contributed by atoms with Gasteiger partial charge >= 0.3 is 6.03 Å². The maximum atomic E-state index is 11.3. The van der Waals surface area contributed by atoms with Crippen molar-refractivity contribution in [3.8, 4) is 0 Å². The van der Waals surface area contributed by atoms with Crippen LogP contribution in [-0.2, 0) is 0 Å². The maximum absolute atomic E-state index is 11.3. The lowest BCUT2D eigenvalue weighted by molar-refractivity contribution is 0.207. The Bertz CT molecular complexity index is 187. The fourth-order valence-corrected chi connectivity index (χ4v) is 0.724. The molecular formula is C10H22N2O2. The molecule has 0 aliphatic carbocycles. The maximum Gasteiger partial charge on any atom is 0.315 e. The molecule has 0 fully saturated rings. The molecule has 0 rings (SSSR count). The molecule has 0 radical (unpaired) electrons. The van der Waals surface area contributed by atoms with Crippen LogP contribution in [0.3, 0.4) is 0 Å². The second-order valence-corrected chi connectivity index (χ2v) is 4.79. The minimum Gasteiger partial charge on any atom is -0.394 e. The van der Waals surface area contributed by atoms with Gasteiger partial charge in [0, 0.05) is 6.04 Å². The highest BCUT2D eigenvalue weighted by Gasteiger charge is 2.21. The molecule has 0 aliphatic rings. The number of amides is 2. The molecule has 0 aromatic carbocycles. The van der Waals surface area contributed by atoms with E-state index in [0.29, 0.717) is 0 Å². The fraction of sp³-hybridized carbons (Fsp3) is 0.900. The predicted octanol–water partition coefficient (Wildman–Crippen LogP) is 1.10. The zero-order valence-corrected chi connectivity index (χ0v) is 9.72. The van der Waals surface area contributed by atoms with Crippen LogP contribution in [0, 0.1) is 5.41 Å². The Balaban J connectivity index is 3.95. The van der Waals surface area contributed by atoms with E-state index in [2.05, 4.69) is 31.4 Å². The van der Waals surface area contributed by atoms with E-state index in [9.17, 15) is 4.79 Å². The second kappa shape index (κ2) is 5.20. The molecule has 0 saturated carbocycles. The van der Waals surface area contributed by atoms with Gasteiger partial charge in [0.05, 0.1) is 12.6 Å². The predicted molar refractivity (Wildman–Crippen MR) is 57.1 cm³/mol. The third-order valence-corrected chi connectivity index (χ3v) is 2.30. The second-order valence-electron chi connectivity index (χ2n) is 4.79. The first kappa shape index (κ1) is 13.2. The van der Waals surface area contributed by atoms with Gasteiger partial charge in [-0.2, -0.15) is 0 Å². The average molecular weight is 202 g/mol. The van der Waals surface area contributed by atoms with Crippen molar-refractivity contribution in [1.82, 2.24) is 10.6 Å². The highest BCUT2D eigenvalue weighted by atomic mass is 16.3. The Morgan fingerprint density at radius 1 is 1.29 bits per heavy atom. The van der Waals surface area contributed by atoms with Crippen LogP contribution >= 0.6 is 0 Å². The monoisotopic (exact) mass is 202 g/mol. The van der Waals surface area contributed by atoms with Crippen molar-refractivity contribution in [2.24, 2.45) is 5.41 Å². The molecule has 2 amide bonds. The standard InChI is InChI=1S/C10H22N2O2/c1-7(6-13)11-9(14)12-8(2)10(3,4)5/h7-8,13H,6H2,1-5H3,(H2,11,12,14). The molecule has 0 aromatic rings. The zero-order valence-electron chi connectivity index (χ0n) is 9.72. The average Bonchev–Trinajstić information content (AvgIpc) is 2.02. The molecule has 2 unspecified atom stereocenters. The molecule has 84 valence electrons. The first-order valence-corrected chi connectivity index (χ1v) is 4.95. The lowest BCUT2D eigenvalue weighted by atomic mass is 9.88. The summed E-state index contributed by atoms with van der Waals surface area (Å²) in [4.78, 5) is 11.3. The number of hydrogen-bond acceptors (Lipinski definition) is 2. The van der Waals surface area contributed by atoms with Crippen molar-refractivity contribution in [2.45, 2.75) is 46.7 Å². The SMILES string of the molecule is CC(CO)NC(=O)NC(C)C(C)(C)C. The van der Waals surface area contributed by atoms with E-state index < -0.39 is 0 Å². The van der Waals surface area contributed by atoms with Gasteiger partial charge in [-0.25, -0.2) is 4.79 Å². The van der Waals surface area contributed by atoms with Crippen LogP contribution in [-0.4, -0.2) is 29.8 Å². The quantitative estimate of drug-likeness (QED) is 0.642. The van der Waals surface area contributed by atoms with Crippen LogP contribution in [0.25, 0.3) is 0 Å². The summed E-state index contributed by atoms with van der Waals surface area (Å²) in [6.45, 7) is 9.86. The number of hydrogen-bond donors (Lipinski definition) is 3. The molecule has 4 nitrogen and oxygen atoms in total. The summed E-state index contributed by atoms with van der Waals surface area (Å²) in [5, 5.41) is 14.2. The molecule has 0 spiro atoms. The summed E-state index contributed by atoms with van der Waals surface area (Å²) in [5.41, 5.74) is 0.0415. The van der Waals surface area contributed by atoms with Gasteiger partial charge in [0.2, 0.25) is 0 Å². The largest absolute Gasteiger partial charge is 0.394 e. The first-order valence-electron chi connectivity index (χ1n) is 4.95. The molecule has 3 N–H and O–H groups in total. The van der Waals surface area contributed by atoms with Crippen molar-refractivity contribution in [2.75, 3.05) is 6.61 Å². The smallest absolute Gasteiger partial charge is 0.315 e. The number of rotatable bonds is 3. The molecule has 0 heterocycles. The molecule has 0 aromatic heterocycles. The van der Waals surface area contributed by atoms with Crippen molar-refractivity contribution in [1.29, 1.82) is 0 Å². The Hall–Kier alpha value is -0.770. The van der Waals surface area contributed by atoms with Crippen molar-refractivity contribution in [3.63, 3.8) is 0 Å². The Morgan fingerprint density at radius 2 is 1.79 bits per heavy atom. The molecule has 14 heavy (non-hydrogen) atoms. The highest BCUT2D eigenvalue weighted by Crippen LogP contribution is 2.18. The van der Waals surface area contributed by atoms with Gasteiger partial charge in [0.1, 0.15) is 0 Å². The number of nitrogens with one attached hydrogen (secondary N) is 2. The fourth-order valence-electron chi connectivity index (χ4n) is 0.724. The number of carbonyl (C=O) groups is 1. The topological polar surface area (TPSA) is 61.4 Å². The molecular weight excluding hydrogens is 180 g/mol. The molecule has 2 atom stereocenters. The number of carbonyl (C=O) groups excluding carboxylic acids is 1. The number of aliphatic hydroxyl groups excluding tert-OH is 1. The minimum atomic E-state index is -0.228. The lowest BCUT2D eigenvalue weighted by Gasteiger charge is -2.28. The summed E-state index contributed by atoms with van der Waals surface area (Å²) < 4.78 is 0. The third kappa shape index (κ3) is 5.07. The van der Waals surface area contributed by atoms with Gasteiger partial charge in [0.25, 0.3) is 0 Å². The van der Waals surface area contributed by atoms with Gasteiger partial charge in [-0.3, -0.25) is 0 Å². The Labute approximate surface area is 86.1 Å². The van der Waals surface area contributed by atoms with E-state index in [1.807, 2.05) is 6.92 Å². The Morgan fingerprint density at radius 3 is 2.14 bits per heavy atom. The molecule has 0 bridgehead atoms. The van der Waals surface area contributed by atoms with Gasteiger partial charge in [-0.1, -0.05) is 20.8 Å². The van der Waals surface area contributed by atoms with E-state index in [1.54, 1.807) is 6.92 Å². The van der Waals surface area contributed by atoms with Crippen molar-refractivity contribution in [3.05, 3.63) is 0 Å². The van der Waals surface area contributed by atoms with Crippen LogP contribution in [0.2, 0.25) is 0 Å². The van der Waals surface area contributed by atoms with E-state index in [-0.39, 0.29) is 30.1 Å². The summed E-state index contributed by atoms with van der Waals surface area (Å²) in [7, 11) is 0. The van der Waals surface area contributed by atoms with Gasteiger partial charge in [-0.15, -0.1) is 0 Å². The van der Waals surface area contributed by atoms with E-state index in [0.717, 1.165) is 0 Å². The van der Waals surface area contributed by atoms with Crippen LogP contribution in [0.4, 0.5) is 4.79 Å². The summed E-state index contributed by atoms with van der Waals surface area (Å²) in [6.07, 6.45) is 0. The van der Waals surface area contributed by atoms with Crippen molar-refractivity contribution < 1.29 is 9.90 Å². The van der Waals surface area contributed by atoms with Gasteiger partial charge in [0.15, 0.2) is 0 Å². The van der Waals surface area contributed by atoms with E-state index in [1.165, 1.54) is 0 Å². The van der Waals surface area contributed by atoms with Crippen LogP contribution in [0.15, 0.2) is 0 Å². The summed E-state index contributed by atoms with van der Waals surface area (Å²) in [6, 6.07) is -0.343. The van der Waals surface area contributed by atoms with Gasteiger partial charge in [-0.05, 0) is 19.3 Å². The highest BCUT2D eigenvalue weighted by molar-refractivity contribution is 5.74.